The molecule has 1 amide bonds. The summed E-state index contributed by atoms with van der Waals surface area (Å²) >= 11 is 0. The van der Waals surface area contributed by atoms with Gasteiger partial charge in [0.15, 0.2) is 0 Å². The second-order valence-corrected chi connectivity index (χ2v) is 4.32. The van der Waals surface area contributed by atoms with E-state index in [0.29, 0.717) is 24.3 Å². The molecule has 0 saturated carbocycles. The lowest BCUT2D eigenvalue weighted by molar-refractivity contribution is -0.116. The van der Waals surface area contributed by atoms with E-state index in [1.807, 2.05) is 13.8 Å². The summed E-state index contributed by atoms with van der Waals surface area (Å²) in [6.45, 7) is 3.71. The van der Waals surface area contributed by atoms with Crippen LogP contribution in [0.2, 0.25) is 0 Å². The molecule has 0 aliphatic rings. The Balaban J connectivity index is 0.00000200. The number of hydrogen-bond donors (Lipinski definition) is 2. The predicted octanol–water partition coefficient (Wildman–Crippen LogP) is 2.26. The Bertz CT molecular complexity index is 561. The Kier molecular flexibility index (Phi) is 5.52. The van der Waals surface area contributed by atoms with Gasteiger partial charge in [0.25, 0.3) is 0 Å². The minimum absolute atomic E-state index is 0. The van der Waals surface area contributed by atoms with Crippen LogP contribution >= 0.6 is 12.4 Å². The zero-order valence-electron chi connectivity index (χ0n) is 11.3. The molecule has 108 valence electrons. The molecule has 0 bridgehead atoms. The number of halogens is 1. The van der Waals surface area contributed by atoms with Crippen LogP contribution in [0.15, 0.2) is 22.9 Å². The van der Waals surface area contributed by atoms with E-state index in [0.717, 1.165) is 17.0 Å². The van der Waals surface area contributed by atoms with E-state index in [1.165, 1.54) is 6.20 Å². The van der Waals surface area contributed by atoms with Crippen LogP contribution < -0.4 is 11.1 Å². The van der Waals surface area contributed by atoms with Crippen LogP contribution in [0.3, 0.4) is 0 Å². The SMILES string of the molecule is Cc1noc(C)c1CCC(=O)Nc1ccc(N)nc1.Cl. The summed E-state index contributed by atoms with van der Waals surface area (Å²) in [5.74, 6) is 1.11. The highest BCUT2D eigenvalue weighted by Gasteiger charge is 2.11. The first kappa shape index (κ1) is 16.0. The Hall–Kier alpha value is -2.08. The largest absolute Gasteiger partial charge is 0.384 e. The number of nitrogens with one attached hydrogen (secondary N) is 1. The Morgan fingerprint density at radius 1 is 1.40 bits per heavy atom. The Morgan fingerprint density at radius 2 is 2.15 bits per heavy atom. The number of hydrogen-bond acceptors (Lipinski definition) is 5. The van der Waals surface area contributed by atoms with Crippen LogP contribution in [0.5, 0.6) is 0 Å². The van der Waals surface area contributed by atoms with Crippen LogP contribution in [0, 0.1) is 13.8 Å². The number of nitrogen functional groups attached to an aromatic ring is 1. The molecule has 0 unspecified atom stereocenters. The monoisotopic (exact) mass is 296 g/mol. The van der Waals surface area contributed by atoms with Crippen molar-refractivity contribution < 1.29 is 9.32 Å². The first-order valence-electron chi connectivity index (χ1n) is 5.99. The third-order valence-corrected chi connectivity index (χ3v) is 2.85. The zero-order valence-corrected chi connectivity index (χ0v) is 12.2. The standard InChI is InChI=1S/C13H16N4O2.ClH/c1-8-11(9(2)19-17-8)4-6-13(18)16-10-3-5-12(14)15-7-10;/h3,5,7H,4,6H2,1-2H3,(H2,14,15)(H,16,18);1H. The number of carbonyl (C=O) groups excluding carboxylic acids is 1. The van der Waals surface area contributed by atoms with Gasteiger partial charge < -0.3 is 15.6 Å². The molecule has 0 aliphatic heterocycles. The quantitative estimate of drug-likeness (QED) is 0.902. The molecule has 0 aromatic carbocycles. The van der Waals surface area contributed by atoms with Crippen molar-refractivity contribution in [2.24, 2.45) is 0 Å². The average Bonchev–Trinajstić information content (AvgIpc) is 2.70. The van der Waals surface area contributed by atoms with E-state index >= 15 is 0 Å². The van der Waals surface area contributed by atoms with Gasteiger partial charge in [-0.15, -0.1) is 12.4 Å². The fourth-order valence-corrected chi connectivity index (χ4v) is 1.80. The van der Waals surface area contributed by atoms with Crippen LogP contribution in [-0.2, 0) is 11.2 Å². The molecule has 0 aliphatic carbocycles. The van der Waals surface area contributed by atoms with Gasteiger partial charge in [0.05, 0.1) is 17.6 Å². The molecule has 7 heteroatoms. The molecule has 3 N–H and O–H groups in total. The summed E-state index contributed by atoms with van der Waals surface area (Å²) < 4.78 is 5.05. The van der Waals surface area contributed by atoms with Crippen molar-refractivity contribution in [2.75, 3.05) is 11.1 Å². The van der Waals surface area contributed by atoms with Gasteiger partial charge >= 0.3 is 0 Å². The number of aromatic nitrogens is 2. The Morgan fingerprint density at radius 3 is 2.70 bits per heavy atom. The summed E-state index contributed by atoms with van der Waals surface area (Å²) in [6, 6.07) is 3.36. The summed E-state index contributed by atoms with van der Waals surface area (Å²) in [6.07, 6.45) is 2.51. The minimum Gasteiger partial charge on any atom is -0.384 e. The van der Waals surface area contributed by atoms with Crippen molar-refractivity contribution >= 4 is 29.8 Å². The molecule has 0 saturated heterocycles. The lowest BCUT2D eigenvalue weighted by Gasteiger charge is -2.04. The molecule has 2 rings (SSSR count). The van der Waals surface area contributed by atoms with Gasteiger partial charge in [-0.25, -0.2) is 4.98 Å². The van der Waals surface area contributed by atoms with Gasteiger partial charge in [0, 0.05) is 12.0 Å². The number of pyridine rings is 1. The minimum atomic E-state index is -0.0772. The number of nitrogens with zero attached hydrogens (tertiary/aromatic N) is 2. The number of carbonyl (C=O) groups is 1. The van der Waals surface area contributed by atoms with Gasteiger partial charge in [0.2, 0.25) is 5.91 Å². The highest BCUT2D eigenvalue weighted by Crippen LogP contribution is 2.15. The Labute approximate surface area is 123 Å². The van der Waals surface area contributed by atoms with Gasteiger partial charge in [0.1, 0.15) is 11.6 Å². The number of nitrogens with two attached hydrogens (primary N) is 1. The van der Waals surface area contributed by atoms with Crippen molar-refractivity contribution in [3.63, 3.8) is 0 Å². The van der Waals surface area contributed by atoms with E-state index < -0.39 is 0 Å². The highest BCUT2D eigenvalue weighted by atomic mass is 35.5. The maximum absolute atomic E-state index is 11.8. The van der Waals surface area contributed by atoms with Gasteiger partial charge in [-0.2, -0.15) is 0 Å². The summed E-state index contributed by atoms with van der Waals surface area (Å²) in [7, 11) is 0. The fraction of sp³-hybridized carbons (Fsp3) is 0.308. The van der Waals surface area contributed by atoms with Crippen LogP contribution in [0.25, 0.3) is 0 Å². The normalized spacial score (nSPS) is 9.90. The molecule has 2 heterocycles. The van der Waals surface area contributed by atoms with Crippen molar-refractivity contribution in [1.29, 1.82) is 0 Å². The third kappa shape index (κ3) is 3.96. The molecule has 0 spiro atoms. The molecule has 0 radical (unpaired) electrons. The van der Waals surface area contributed by atoms with Gasteiger partial charge in [-0.1, -0.05) is 5.16 Å². The first-order valence-corrected chi connectivity index (χ1v) is 5.99. The van der Waals surface area contributed by atoms with Crippen LogP contribution in [-0.4, -0.2) is 16.0 Å². The van der Waals surface area contributed by atoms with Crippen molar-refractivity contribution in [3.05, 3.63) is 35.3 Å². The molecular weight excluding hydrogens is 280 g/mol. The maximum atomic E-state index is 11.8. The molecule has 20 heavy (non-hydrogen) atoms. The van der Waals surface area contributed by atoms with E-state index in [4.69, 9.17) is 10.3 Å². The average molecular weight is 297 g/mol. The summed E-state index contributed by atoms with van der Waals surface area (Å²) in [5, 5.41) is 6.62. The topological polar surface area (TPSA) is 94.0 Å². The van der Waals surface area contributed by atoms with Gasteiger partial charge in [-0.05, 0) is 32.4 Å². The van der Waals surface area contributed by atoms with Crippen LogP contribution in [0.4, 0.5) is 11.5 Å². The molecule has 2 aromatic rings. The molecule has 2 aromatic heterocycles. The lowest BCUT2D eigenvalue weighted by atomic mass is 10.1. The van der Waals surface area contributed by atoms with E-state index in [9.17, 15) is 4.79 Å². The molecular formula is C13H17ClN4O2. The maximum Gasteiger partial charge on any atom is 0.224 e. The lowest BCUT2D eigenvalue weighted by Crippen LogP contribution is -2.13. The summed E-state index contributed by atoms with van der Waals surface area (Å²) in [5.41, 5.74) is 7.93. The van der Waals surface area contributed by atoms with Gasteiger partial charge in [-0.3, -0.25) is 4.79 Å². The summed E-state index contributed by atoms with van der Waals surface area (Å²) in [4.78, 5) is 15.7. The first-order chi connectivity index (χ1) is 9.06. The van der Waals surface area contributed by atoms with Crippen molar-refractivity contribution in [2.45, 2.75) is 26.7 Å². The molecule has 0 atom stereocenters. The zero-order chi connectivity index (χ0) is 13.8. The van der Waals surface area contributed by atoms with E-state index in [2.05, 4.69) is 15.5 Å². The van der Waals surface area contributed by atoms with E-state index in [-0.39, 0.29) is 18.3 Å². The number of rotatable bonds is 4. The number of anilines is 2. The highest BCUT2D eigenvalue weighted by molar-refractivity contribution is 5.90. The van der Waals surface area contributed by atoms with Crippen molar-refractivity contribution in [3.8, 4) is 0 Å². The fourth-order valence-electron chi connectivity index (χ4n) is 1.80. The smallest absolute Gasteiger partial charge is 0.224 e. The second-order valence-electron chi connectivity index (χ2n) is 4.32. The second kappa shape index (κ2) is 6.91. The van der Waals surface area contributed by atoms with Crippen molar-refractivity contribution in [1.82, 2.24) is 10.1 Å². The molecule has 0 fully saturated rings. The number of aryl methyl sites for hydroxylation is 2. The third-order valence-electron chi connectivity index (χ3n) is 2.85. The predicted molar refractivity (Wildman–Crippen MR) is 78.8 cm³/mol. The van der Waals surface area contributed by atoms with E-state index in [1.54, 1.807) is 12.1 Å². The molecule has 6 nitrogen and oxygen atoms in total. The van der Waals surface area contributed by atoms with Crippen LogP contribution in [0.1, 0.15) is 23.4 Å². The number of amides is 1.